The number of benzene rings is 1. The molecule has 1 aliphatic rings. The van der Waals surface area contributed by atoms with Crippen molar-refractivity contribution in [3.05, 3.63) is 42.0 Å². The molecule has 4 nitrogen and oxygen atoms in total. The van der Waals surface area contributed by atoms with E-state index >= 15 is 0 Å². The fourth-order valence-electron chi connectivity index (χ4n) is 1.88. The second kappa shape index (κ2) is 6.00. The van der Waals surface area contributed by atoms with Crippen LogP contribution in [-0.2, 0) is 4.79 Å². The van der Waals surface area contributed by atoms with Crippen LogP contribution in [0.15, 0.2) is 36.4 Å². The van der Waals surface area contributed by atoms with Gasteiger partial charge in [-0.1, -0.05) is 30.3 Å². The minimum Gasteiger partial charge on any atom is -0.324 e. The van der Waals surface area contributed by atoms with Crippen molar-refractivity contribution in [3.63, 3.8) is 0 Å². The molecule has 0 unspecified atom stereocenters. The van der Waals surface area contributed by atoms with E-state index in [4.69, 9.17) is 0 Å². The van der Waals surface area contributed by atoms with Crippen LogP contribution in [0.4, 0.5) is 4.79 Å². The molecule has 0 aliphatic carbocycles. The van der Waals surface area contributed by atoms with Crippen LogP contribution in [-0.4, -0.2) is 29.9 Å². The molecular weight excluding hydrogens is 228 g/mol. The number of carbonyl (C=O) groups excluding carboxylic acids is 2. The summed E-state index contributed by atoms with van der Waals surface area (Å²) in [4.78, 5) is 24.8. The molecule has 1 N–H and O–H groups in total. The summed E-state index contributed by atoms with van der Waals surface area (Å²) in [6.45, 7) is 1.48. The Balaban J connectivity index is 1.85. The van der Waals surface area contributed by atoms with Gasteiger partial charge in [-0.15, -0.1) is 0 Å². The molecule has 0 atom stereocenters. The Hall–Kier alpha value is -2.10. The van der Waals surface area contributed by atoms with Crippen molar-refractivity contribution >= 4 is 18.0 Å². The fourth-order valence-corrected chi connectivity index (χ4v) is 1.88. The second-order valence-corrected chi connectivity index (χ2v) is 4.23. The van der Waals surface area contributed by atoms with Crippen molar-refractivity contribution in [2.24, 2.45) is 0 Å². The molecule has 0 saturated carbocycles. The van der Waals surface area contributed by atoms with Gasteiger partial charge in [0.25, 0.3) is 5.91 Å². The highest BCUT2D eigenvalue weighted by Crippen LogP contribution is 2.07. The topological polar surface area (TPSA) is 49.4 Å². The number of nitrogens with one attached hydrogen (secondary N) is 1. The van der Waals surface area contributed by atoms with Crippen molar-refractivity contribution in [2.75, 3.05) is 13.1 Å². The van der Waals surface area contributed by atoms with Gasteiger partial charge in [0.15, 0.2) is 0 Å². The second-order valence-electron chi connectivity index (χ2n) is 4.23. The van der Waals surface area contributed by atoms with Gasteiger partial charge < -0.3 is 4.90 Å². The van der Waals surface area contributed by atoms with Gasteiger partial charge in [0.1, 0.15) is 0 Å². The summed E-state index contributed by atoms with van der Waals surface area (Å²) in [5.41, 5.74) is 0.932. The Bertz CT molecular complexity index is 448. The maximum atomic E-state index is 11.6. The normalized spacial score (nSPS) is 15.0. The first-order chi connectivity index (χ1) is 8.75. The number of amides is 3. The molecule has 1 fully saturated rings. The van der Waals surface area contributed by atoms with Crippen LogP contribution in [0, 0.1) is 0 Å². The SMILES string of the molecule is O=C(/C=C/c1ccccc1)NC(=O)N1CCCC1. The van der Waals surface area contributed by atoms with Crippen molar-refractivity contribution in [1.82, 2.24) is 10.2 Å². The molecule has 18 heavy (non-hydrogen) atoms. The van der Waals surface area contributed by atoms with E-state index in [2.05, 4.69) is 5.32 Å². The number of carbonyl (C=O) groups is 2. The molecule has 0 aromatic heterocycles. The van der Waals surface area contributed by atoms with E-state index < -0.39 is 0 Å². The Morgan fingerprint density at radius 3 is 2.44 bits per heavy atom. The summed E-state index contributed by atoms with van der Waals surface area (Å²) in [5, 5.41) is 2.35. The standard InChI is InChI=1S/C14H16N2O2/c17-13(9-8-12-6-2-1-3-7-12)15-14(18)16-10-4-5-11-16/h1-3,6-9H,4-5,10-11H2,(H,15,17,18)/b9-8+. The van der Waals surface area contributed by atoms with E-state index in [1.54, 1.807) is 11.0 Å². The highest BCUT2D eigenvalue weighted by atomic mass is 16.2. The monoisotopic (exact) mass is 244 g/mol. The number of hydrogen-bond donors (Lipinski definition) is 1. The lowest BCUT2D eigenvalue weighted by atomic mass is 10.2. The molecule has 3 amide bonds. The van der Waals surface area contributed by atoms with Gasteiger partial charge in [-0.2, -0.15) is 0 Å². The van der Waals surface area contributed by atoms with E-state index in [-0.39, 0.29) is 11.9 Å². The van der Waals surface area contributed by atoms with Gasteiger partial charge in [-0.25, -0.2) is 4.79 Å². The van der Waals surface area contributed by atoms with Crippen LogP contribution < -0.4 is 5.32 Å². The molecular formula is C14H16N2O2. The van der Waals surface area contributed by atoms with Gasteiger partial charge in [0, 0.05) is 19.2 Å². The van der Waals surface area contributed by atoms with Crippen LogP contribution in [0.1, 0.15) is 18.4 Å². The smallest absolute Gasteiger partial charge is 0.324 e. The van der Waals surface area contributed by atoms with Crippen molar-refractivity contribution in [2.45, 2.75) is 12.8 Å². The van der Waals surface area contributed by atoms with E-state index in [1.165, 1.54) is 6.08 Å². The summed E-state index contributed by atoms with van der Waals surface area (Å²) < 4.78 is 0. The van der Waals surface area contributed by atoms with Gasteiger partial charge in [-0.3, -0.25) is 10.1 Å². The lowest BCUT2D eigenvalue weighted by Gasteiger charge is -2.14. The molecule has 1 aromatic carbocycles. The van der Waals surface area contributed by atoms with Crippen molar-refractivity contribution in [3.8, 4) is 0 Å². The molecule has 1 heterocycles. The van der Waals surface area contributed by atoms with E-state index in [0.29, 0.717) is 0 Å². The summed E-state index contributed by atoms with van der Waals surface area (Å²) >= 11 is 0. The summed E-state index contributed by atoms with van der Waals surface area (Å²) in [6.07, 6.45) is 5.10. The number of urea groups is 1. The highest BCUT2D eigenvalue weighted by molar-refractivity contribution is 6.02. The van der Waals surface area contributed by atoms with Crippen LogP contribution >= 0.6 is 0 Å². The Kier molecular flexibility index (Phi) is 4.12. The lowest BCUT2D eigenvalue weighted by molar-refractivity contribution is -0.115. The minimum atomic E-state index is -0.379. The zero-order chi connectivity index (χ0) is 12.8. The van der Waals surface area contributed by atoms with Gasteiger partial charge in [-0.05, 0) is 24.5 Å². The molecule has 1 saturated heterocycles. The van der Waals surface area contributed by atoms with Gasteiger partial charge in [0.05, 0.1) is 0 Å². The molecule has 4 heteroatoms. The van der Waals surface area contributed by atoms with E-state index in [9.17, 15) is 9.59 Å². The Morgan fingerprint density at radius 1 is 1.11 bits per heavy atom. The zero-order valence-electron chi connectivity index (χ0n) is 10.1. The van der Waals surface area contributed by atoms with Gasteiger partial charge in [0.2, 0.25) is 0 Å². The molecule has 1 aliphatic heterocycles. The Labute approximate surface area is 106 Å². The summed E-state index contributed by atoms with van der Waals surface area (Å²) in [6, 6.07) is 9.20. The third kappa shape index (κ3) is 3.45. The predicted molar refractivity (Wildman–Crippen MR) is 69.8 cm³/mol. The number of hydrogen-bond acceptors (Lipinski definition) is 2. The maximum absolute atomic E-state index is 11.6. The largest absolute Gasteiger partial charge is 0.324 e. The molecule has 1 aromatic rings. The molecule has 0 spiro atoms. The number of likely N-dealkylation sites (tertiary alicyclic amines) is 1. The number of nitrogens with zero attached hydrogens (tertiary/aromatic N) is 1. The van der Waals surface area contributed by atoms with Gasteiger partial charge >= 0.3 is 6.03 Å². The third-order valence-corrected chi connectivity index (χ3v) is 2.85. The lowest BCUT2D eigenvalue weighted by Crippen LogP contribution is -2.40. The highest BCUT2D eigenvalue weighted by Gasteiger charge is 2.18. The van der Waals surface area contributed by atoms with Crippen LogP contribution in [0.2, 0.25) is 0 Å². The fraction of sp³-hybridized carbons (Fsp3) is 0.286. The zero-order valence-corrected chi connectivity index (χ0v) is 10.1. The van der Waals surface area contributed by atoms with E-state index in [0.717, 1.165) is 31.5 Å². The van der Waals surface area contributed by atoms with Crippen molar-refractivity contribution < 1.29 is 9.59 Å². The number of rotatable bonds is 2. The number of imide groups is 1. The molecule has 94 valence electrons. The third-order valence-electron chi connectivity index (χ3n) is 2.85. The first kappa shape index (κ1) is 12.4. The first-order valence-corrected chi connectivity index (χ1v) is 6.09. The van der Waals surface area contributed by atoms with Crippen LogP contribution in [0.25, 0.3) is 6.08 Å². The Morgan fingerprint density at radius 2 is 1.78 bits per heavy atom. The first-order valence-electron chi connectivity index (χ1n) is 6.09. The quantitative estimate of drug-likeness (QED) is 0.809. The average molecular weight is 244 g/mol. The van der Waals surface area contributed by atoms with E-state index in [1.807, 2.05) is 30.3 Å². The molecule has 0 radical (unpaired) electrons. The van der Waals surface area contributed by atoms with Crippen molar-refractivity contribution in [1.29, 1.82) is 0 Å². The average Bonchev–Trinajstić information content (AvgIpc) is 2.91. The minimum absolute atomic E-state index is 0.296. The van der Waals surface area contributed by atoms with Crippen LogP contribution in [0.3, 0.4) is 0 Å². The summed E-state index contributed by atoms with van der Waals surface area (Å²) in [5.74, 6) is -0.379. The predicted octanol–water partition coefficient (Wildman–Crippen LogP) is 2.03. The molecule has 2 rings (SSSR count). The summed E-state index contributed by atoms with van der Waals surface area (Å²) in [7, 11) is 0. The molecule has 0 bridgehead atoms. The maximum Gasteiger partial charge on any atom is 0.324 e. The van der Waals surface area contributed by atoms with Crippen LogP contribution in [0.5, 0.6) is 0 Å².